The number of nitrogens with zero attached hydrogens (tertiary/aromatic N) is 10. The first-order valence-corrected chi connectivity index (χ1v) is 27.7. The summed E-state index contributed by atoms with van der Waals surface area (Å²) < 4.78 is 13.7. The van der Waals surface area contributed by atoms with E-state index in [4.69, 9.17) is 19.7 Å². The highest BCUT2D eigenvalue weighted by Gasteiger charge is 2.16. The average Bonchev–Trinajstić information content (AvgIpc) is 4.30. The topological polar surface area (TPSA) is 204 Å². The Balaban J connectivity index is 0.000000226. The Labute approximate surface area is 465 Å². The number of ether oxygens (including phenoxy) is 2. The van der Waals surface area contributed by atoms with Crippen LogP contribution in [0.4, 0.5) is 34.9 Å². The number of aryl methyl sites for hydroxylation is 2. The molecule has 0 unspecified atom stereocenters. The summed E-state index contributed by atoms with van der Waals surface area (Å²) in [7, 11) is 7.01. The van der Waals surface area contributed by atoms with E-state index in [2.05, 4.69) is 101 Å². The number of anilines is 6. The van der Waals surface area contributed by atoms with Gasteiger partial charge >= 0.3 is 0 Å². The Hall–Kier alpha value is -6.42. The number of aromatic nitrogens is 8. The number of halogens is 1. The molecule has 0 bridgehead atoms. The van der Waals surface area contributed by atoms with Gasteiger partial charge in [0.1, 0.15) is 28.8 Å². The quantitative estimate of drug-likeness (QED) is 0.0562. The Bertz CT molecular complexity index is 2620. The zero-order chi connectivity index (χ0) is 54.9. The van der Waals surface area contributed by atoms with Crippen molar-refractivity contribution in [3.05, 3.63) is 124 Å². The fourth-order valence-corrected chi connectivity index (χ4v) is 8.89. The van der Waals surface area contributed by atoms with Crippen LogP contribution in [0.25, 0.3) is 5.69 Å². The SMILES string of the molecule is C1CCCC1.C=CC1=NCC=C1.CC.CCO.CNc1cc(C)nc(Nc2ccc(OC)c(-n3ccc(CN4CCCC4)n3)c2)n1.CNc1cc(C)nc(Nc2ccc(OC)c(I)c2)n1.c1cc(CN2CCCC2)[nH]n1. The minimum Gasteiger partial charge on any atom is -0.496 e. The lowest BCUT2D eigenvalue weighted by atomic mass is 10.2. The highest BCUT2D eigenvalue weighted by atomic mass is 127. The molecule has 0 atom stereocenters. The number of nitrogens with one attached hydrogen (secondary N) is 5. The van der Waals surface area contributed by atoms with Crippen molar-refractivity contribution in [2.45, 2.75) is 105 Å². The van der Waals surface area contributed by atoms with Crippen molar-refractivity contribution in [1.29, 1.82) is 0 Å². The van der Waals surface area contributed by atoms with Gasteiger partial charge in [-0.15, -0.1) is 0 Å². The van der Waals surface area contributed by atoms with E-state index >= 15 is 0 Å². The maximum atomic E-state index is 7.57. The Kier molecular flexibility index (Phi) is 29.2. The van der Waals surface area contributed by atoms with Crippen molar-refractivity contribution < 1.29 is 14.6 Å². The van der Waals surface area contributed by atoms with Gasteiger partial charge in [-0.3, -0.25) is 19.9 Å². The predicted octanol–water partition coefficient (Wildman–Crippen LogP) is 11.7. The average molecular weight is 1150 g/mol. The number of likely N-dealkylation sites (tertiary alicyclic amines) is 2. The first-order valence-electron chi connectivity index (χ1n) is 26.6. The van der Waals surface area contributed by atoms with Gasteiger partial charge in [0.2, 0.25) is 11.9 Å². The maximum Gasteiger partial charge on any atom is 0.229 e. The van der Waals surface area contributed by atoms with Crippen LogP contribution in [-0.4, -0.2) is 128 Å². The second kappa shape index (κ2) is 35.8. The molecule has 3 fully saturated rings. The van der Waals surface area contributed by atoms with Crippen LogP contribution in [0.3, 0.4) is 0 Å². The Morgan fingerprint density at radius 2 is 1.24 bits per heavy atom. The van der Waals surface area contributed by atoms with Gasteiger partial charge in [-0.25, -0.2) is 14.6 Å². The largest absolute Gasteiger partial charge is 0.496 e. The second-order valence-corrected chi connectivity index (χ2v) is 18.8. The molecule has 6 N–H and O–H groups in total. The molecule has 0 amide bonds. The minimum atomic E-state index is 0.250. The lowest BCUT2D eigenvalue weighted by molar-refractivity contribution is 0.318. The van der Waals surface area contributed by atoms with E-state index in [0.29, 0.717) is 11.9 Å². The number of aliphatic imine (C=N–C) groups is 1. The first-order chi connectivity index (χ1) is 37.1. The highest BCUT2D eigenvalue weighted by Crippen LogP contribution is 2.29. The van der Waals surface area contributed by atoms with Crippen LogP contribution >= 0.6 is 22.6 Å². The lowest BCUT2D eigenvalue weighted by Crippen LogP contribution is -2.18. The number of rotatable bonds is 14. The van der Waals surface area contributed by atoms with Crippen molar-refractivity contribution in [3.8, 4) is 17.2 Å². The Morgan fingerprint density at radius 1 is 0.711 bits per heavy atom. The highest BCUT2D eigenvalue weighted by molar-refractivity contribution is 14.1. The Morgan fingerprint density at radius 3 is 1.68 bits per heavy atom. The summed E-state index contributed by atoms with van der Waals surface area (Å²) in [6.07, 6.45) is 22.3. The number of hydrogen-bond donors (Lipinski definition) is 6. The van der Waals surface area contributed by atoms with Gasteiger partial charge in [-0.1, -0.05) is 58.6 Å². The molecule has 18 nitrogen and oxygen atoms in total. The fraction of sp³-hybridized carbons (Fsp3) is 0.456. The molecule has 1 saturated carbocycles. The number of hydrogen-bond acceptors (Lipinski definition) is 16. The smallest absolute Gasteiger partial charge is 0.229 e. The van der Waals surface area contributed by atoms with E-state index in [-0.39, 0.29) is 6.61 Å². The zero-order valence-electron chi connectivity index (χ0n) is 46.5. The number of aliphatic hydroxyl groups excluding tert-OH is 1. The molecule has 6 aromatic rings. The predicted molar refractivity (Wildman–Crippen MR) is 321 cm³/mol. The summed E-state index contributed by atoms with van der Waals surface area (Å²) in [5, 5.41) is 31.8. The standard InChI is InChI=1S/C21H27N7O.C13H15IN4O.C8H13N3.C6H7N.C5H10.C2H6O.C2H6/c1-15-12-20(22-2)25-21(23-15)24-16-6-7-19(29-3)18(13-16)28-11-8-17(26-28)14-27-9-4-5-10-27;1-8-6-12(15-2)18-13(16-8)17-9-4-5-11(19-3)10(14)7-9;1-2-6-11(5-1)7-8-3-4-9-10-8;1-2-6-4-3-5-7-6;1-2-4-5-3-1;1-2-3;1-2/h6-8,11-13H,4-5,9-10,14H2,1-3H3,(H2,22,23,24,25);4-7H,1-3H3,(H2,15,16,17,18);3-4H,1-2,5-7H2,(H,9,10);2-4H,1,5H2;1-5H2;3H,2H2,1H3;1-2H3. The van der Waals surface area contributed by atoms with Gasteiger partial charge in [0.15, 0.2) is 0 Å². The zero-order valence-corrected chi connectivity index (χ0v) is 48.7. The van der Waals surface area contributed by atoms with Crippen molar-refractivity contribution in [1.82, 2.24) is 49.7 Å². The molecule has 0 radical (unpaired) electrons. The molecule has 3 aliphatic heterocycles. The number of H-pyrrole nitrogens is 1. The number of aromatic amines is 1. The maximum absolute atomic E-state index is 7.57. The molecule has 1 aliphatic carbocycles. The summed E-state index contributed by atoms with van der Waals surface area (Å²) in [5.74, 6) is 4.29. The molecule has 10 rings (SSSR count). The lowest BCUT2D eigenvalue weighted by Gasteiger charge is -2.13. The van der Waals surface area contributed by atoms with E-state index in [0.717, 1.165) is 99.3 Å². The monoisotopic (exact) mass is 1150 g/mol. The number of allylic oxidation sites excluding steroid dienone is 2. The number of benzene rings is 2. The van der Waals surface area contributed by atoms with E-state index in [1.165, 1.54) is 76.6 Å². The molecule has 4 aromatic heterocycles. The van der Waals surface area contributed by atoms with Crippen LogP contribution < -0.4 is 30.7 Å². The van der Waals surface area contributed by atoms with Crippen LogP contribution in [0.1, 0.15) is 101 Å². The first kappa shape index (κ1) is 62.1. The molecule has 7 heterocycles. The van der Waals surface area contributed by atoms with Gasteiger partial charge < -0.3 is 35.8 Å². The number of methoxy groups -OCH3 is 2. The van der Waals surface area contributed by atoms with Crippen LogP contribution in [0.2, 0.25) is 0 Å². The molecular weight excluding hydrogens is 1070 g/mol. The van der Waals surface area contributed by atoms with E-state index in [1.807, 2.05) is 126 Å². The molecule has 4 aliphatic rings. The summed E-state index contributed by atoms with van der Waals surface area (Å²) in [4.78, 5) is 26.6. The molecule has 19 heteroatoms. The third-order valence-corrected chi connectivity index (χ3v) is 12.7. The van der Waals surface area contributed by atoms with Gasteiger partial charge in [0.25, 0.3) is 0 Å². The van der Waals surface area contributed by atoms with Crippen LogP contribution in [0.5, 0.6) is 11.5 Å². The van der Waals surface area contributed by atoms with Crippen molar-refractivity contribution in [2.24, 2.45) is 4.99 Å². The summed E-state index contributed by atoms with van der Waals surface area (Å²) in [6.45, 7) is 20.9. The van der Waals surface area contributed by atoms with Gasteiger partial charge in [0, 0.05) is 86.8 Å². The fourth-order valence-electron chi connectivity index (χ4n) is 8.16. The van der Waals surface area contributed by atoms with E-state index < -0.39 is 0 Å². The van der Waals surface area contributed by atoms with Crippen LogP contribution in [0, 0.1) is 17.4 Å². The van der Waals surface area contributed by atoms with Crippen LogP contribution in [0.15, 0.2) is 103 Å². The summed E-state index contributed by atoms with van der Waals surface area (Å²) in [6, 6.07) is 19.6. The van der Waals surface area contributed by atoms with Gasteiger partial charge in [0.05, 0.1) is 35.7 Å². The van der Waals surface area contributed by atoms with Gasteiger partial charge in [-0.2, -0.15) is 20.2 Å². The van der Waals surface area contributed by atoms with E-state index in [9.17, 15) is 0 Å². The van der Waals surface area contributed by atoms with Crippen molar-refractivity contribution in [2.75, 3.05) is 88.9 Å². The molecule has 0 spiro atoms. The second-order valence-electron chi connectivity index (χ2n) is 17.7. The molecule has 2 aromatic carbocycles. The molecule has 412 valence electrons. The normalized spacial score (nSPS) is 14.2. The third kappa shape index (κ3) is 22.4. The van der Waals surface area contributed by atoms with Crippen LogP contribution in [-0.2, 0) is 13.1 Å². The van der Waals surface area contributed by atoms with E-state index in [1.54, 1.807) is 27.2 Å². The van der Waals surface area contributed by atoms with Gasteiger partial charge in [-0.05, 0) is 156 Å². The van der Waals surface area contributed by atoms with Crippen molar-refractivity contribution in [3.63, 3.8) is 0 Å². The van der Waals surface area contributed by atoms with Crippen molar-refractivity contribution >= 4 is 63.2 Å². The summed E-state index contributed by atoms with van der Waals surface area (Å²) >= 11 is 2.23. The third-order valence-electron chi connectivity index (χ3n) is 11.8. The molecule has 2 saturated heterocycles. The molecule has 76 heavy (non-hydrogen) atoms. The minimum absolute atomic E-state index is 0.250. The summed E-state index contributed by atoms with van der Waals surface area (Å²) in [5.41, 5.74) is 7.75. The molecular formula is C57H84IN15O3. The number of aliphatic hydroxyl groups is 1.